The van der Waals surface area contributed by atoms with E-state index in [2.05, 4.69) is 606 Å². The first-order valence-corrected chi connectivity index (χ1v) is 50.6. The Morgan fingerprint density at radius 2 is 0.461 bits per heavy atom. The van der Waals surface area contributed by atoms with Gasteiger partial charge in [0.2, 0.25) is 0 Å². The molecule has 3 heterocycles. The van der Waals surface area contributed by atoms with Crippen LogP contribution in [0.5, 0.6) is 0 Å². The number of fused-ring (bicyclic) bond motifs is 7. The summed E-state index contributed by atoms with van der Waals surface area (Å²) in [6.45, 7) is 0. The van der Waals surface area contributed by atoms with Gasteiger partial charge in [-0.05, 0) is 269 Å². The molecule has 0 aliphatic heterocycles. The molecule has 0 bridgehead atoms. The maximum absolute atomic E-state index is 4.75. The monoisotopic (exact) mass is 2130 g/mol. The van der Waals surface area contributed by atoms with Crippen LogP contribution in [0.4, 0.5) is 68.2 Å². The van der Waals surface area contributed by atoms with E-state index in [0.29, 0.717) is 0 Å². The molecule has 21 aromatic carbocycles. The molecule has 3 aromatic heterocycles. The molecule has 0 N–H and O–H groups in total. The molecule has 24 aromatic rings. The number of halogens is 5. The highest BCUT2D eigenvalue weighted by Gasteiger charge is 2.23. The van der Waals surface area contributed by atoms with Gasteiger partial charge in [-0.3, -0.25) is 4.98 Å². The Bertz CT molecular complexity index is 8050. The number of hydrogen-bond donors (Lipinski definition) is 0. The minimum absolute atomic E-state index is 0.963. The van der Waals surface area contributed by atoms with Gasteiger partial charge in [0.1, 0.15) is 0 Å². The van der Waals surface area contributed by atoms with E-state index in [4.69, 9.17) is 4.98 Å². The Morgan fingerprint density at radius 1 is 0.163 bits per heavy atom. The molecule has 7 nitrogen and oxygen atoms in total. The Morgan fingerprint density at radius 3 is 0.887 bits per heavy atom. The number of para-hydroxylation sites is 8. The maximum atomic E-state index is 4.75. The van der Waals surface area contributed by atoms with Gasteiger partial charge in [-0.15, -0.1) is 0 Å². The number of hydrogen-bond acceptors (Lipinski definition) is 5. The number of anilines is 12. The third kappa shape index (κ3) is 21.4. The highest BCUT2D eigenvalue weighted by Crippen LogP contribution is 2.46. The van der Waals surface area contributed by atoms with Crippen LogP contribution in [-0.4, -0.2) is 14.1 Å². The van der Waals surface area contributed by atoms with Crippen molar-refractivity contribution in [3.05, 3.63) is 581 Å². The topological polar surface area (TPSA) is 35.7 Å². The molecule has 0 amide bonds. The summed E-state index contributed by atoms with van der Waals surface area (Å²) in [5.41, 5.74) is 29.9. The van der Waals surface area contributed by atoms with E-state index in [1.165, 1.54) is 99.1 Å². The number of nitrogens with zero attached hydrogens (tertiary/aromatic N) is 7. The summed E-state index contributed by atoms with van der Waals surface area (Å²) < 4.78 is 10.1. The molecule has 0 aliphatic carbocycles. The molecule has 0 spiro atoms. The Hall–Kier alpha value is -15.8. The average Bonchev–Trinajstić information content (AvgIpc) is 1.56. The second-order valence-corrected chi connectivity index (χ2v) is 38.2. The standard InChI is InChI=1S/C36H25BrN2.C29H21BrN2.C24H18BrN.C22H16BrN.C18H12BrN/c37-28-17-21-31(22-18-28)38(30-19-15-27(16-20-30)26-9-3-1-4-10-26)32-23-24-34-33-13-7-8-14-35(33)39(36(34)25-32)29-11-5-2-6-12-29;30-25-13-17-27(18-14-25)32(26-15-11-23(12-16-26)22-7-3-1-4-8-22)28-19-20-29(31-21-28)24-9-5-2-6-10-24;25-21-16-20(19-10-4-1-5-11-19)17-24(18-21)26(22-12-6-2-7-13-22)23-14-8-3-9-15-23;23-21-15-16-22(20-14-8-7-13-19(20)21)24(17-9-3-1-4-10-17)18-11-5-2-6-12-18;19-13-9-11-14(12-10-13)20-17-7-3-1-5-15(17)16-6-2-4-8-18(16)20/h1-25H;1-21H;1-18H;1-16H;1-12H. The molecular weight excluding hydrogens is 2050 g/mol. The molecule has 0 radical (unpaired) electrons. The molecule has 12 heteroatoms. The molecule has 678 valence electrons. The second kappa shape index (κ2) is 44.4. The first-order valence-electron chi connectivity index (χ1n) is 46.6. The minimum atomic E-state index is 0.963. The van der Waals surface area contributed by atoms with Gasteiger partial charge >= 0.3 is 0 Å². The third-order valence-electron chi connectivity index (χ3n) is 24.7. The van der Waals surface area contributed by atoms with Crippen LogP contribution in [0.1, 0.15) is 0 Å². The Labute approximate surface area is 864 Å². The predicted octanol–water partition coefficient (Wildman–Crippen LogP) is 39.5. The third-order valence-corrected chi connectivity index (χ3v) is 27.4. The molecule has 0 saturated carbocycles. The molecule has 0 saturated heterocycles. The normalized spacial score (nSPS) is 10.9. The Balaban J connectivity index is 0.000000110. The fourth-order valence-corrected chi connectivity index (χ4v) is 19.9. The Kier molecular flexibility index (Phi) is 29.2. The highest BCUT2D eigenvalue weighted by atomic mass is 79.9. The van der Waals surface area contributed by atoms with Crippen molar-refractivity contribution in [1.29, 1.82) is 0 Å². The van der Waals surface area contributed by atoms with E-state index in [9.17, 15) is 0 Å². The highest BCUT2D eigenvalue weighted by molar-refractivity contribution is 9.11. The summed E-state index contributed by atoms with van der Waals surface area (Å²) in [6.07, 6.45) is 1.94. The lowest BCUT2D eigenvalue weighted by Gasteiger charge is -2.27. The van der Waals surface area contributed by atoms with Crippen molar-refractivity contribution in [2.24, 2.45) is 0 Å². The fraction of sp³-hybridized carbons (Fsp3) is 0. The van der Waals surface area contributed by atoms with Crippen molar-refractivity contribution < 1.29 is 0 Å². The number of pyridine rings is 1. The zero-order valence-electron chi connectivity index (χ0n) is 76.6. The zero-order valence-corrected chi connectivity index (χ0v) is 84.6. The van der Waals surface area contributed by atoms with E-state index in [1.54, 1.807) is 0 Å². The minimum Gasteiger partial charge on any atom is -0.310 e. The van der Waals surface area contributed by atoms with Crippen molar-refractivity contribution in [2.45, 2.75) is 0 Å². The summed E-state index contributed by atoms with van der Waals surface area (Å²) in [4.78, 5) is 13.9. The van der Waals surface area contributed by atoms with Crippen molar-refractivity contribution in [2.75, 3.05) is 19.6 Å². The van der Waals surface area contributed by atoms with Crippen molar-refractivity contribution in [3.8, 4) is 56.0 Å². The van der Waals surface area contributed by atoms with Gasteiger partial charge in [0, 0.05) is 123 Å². The molecule has 0 atom stereocenters. The van der Waals surface area contributed by atoms with Crippen LogP contribution < -0.4 is 19.6 Å². The number of rotatable bonds is 18. The van der Waals surface area contributed by atoms with Gasteiger partial charge in [-0.1, -0.05) is 401 Å². The first-order chi connectivity index (χ1) is 69.5. The zero-order chi connectivity index (χ0) is 95.6. The second-order valence-electron chi connectivity index (χ2n) is 33.6. The van der Waals surface area contributed by atoms with Gasteiger partial charge < -0.3 is 28.7 Å². The van der Waals surface area contributed by atoms with Crippen molar-refractivity contribution in [1.82, 2.24) is 14.1 Å². The fourth-order valence-electron chi connectivity index (χ4n) is 18.1. The number of benzene rings is 21. The van der Waals surface area contributed by atoms with Crippen LogP contribution in [0.2, 0.25) is 0 Å². The lowest BCUT2D eigenvalue weighted by atomic mass is 10.0. The van der Waals surface area contributed by atoms with Gasteiger partial charge in [0.05, 0.1) is 45.3 Å². The van der Waals surface area contributed by atoms with Crippen molar-refractivity contribution >= 4 is 202 Å². The molecule has 141 heavy (non-hydrogen) atoms. The summed E-state index contributed by atoms with van der Waals surface area (Å²) in [6, 6.07) is 193. The smallest absolute Gasteiger partial charge is 0.0703 e. The van der Waals surface area contributed by atoms with Crippen molar-refractivity contribution in [3.63, 3.8) is 0 Å². The SMILES string of the molecule is Brc1cc(-c2ccccc2)cc(N(c2ccccc2)c2ccccc2)c1.Brc1ccc(-n2c3ccccc3c3ccccc32)cc1.Brc1ccc(N(c2ccc(-c3ccccc3)cc2)c2ccc(-c3ccccc3)nc2)cc1.Brc1ccc(N(c2ccc(-c3ccccc3)cc2)c2ccc3c4ccccc4n(-c4ccccc4)c3c2)cc1.Brc1ccc(N(c2ccccc2)c2ccccc2)c2ccccc12. The van der Waals surface area contributed by atoms with Crippen LogP contribution in [-0.2, 0) is 0 Å². The van der Waals surface area contributed by atoms with E-state index in [0.717, 1.165) is 102 Å². The van der Waals surface area contributed by atoms with Gasteiger partial charge in [-0.2, -0.15) is 0 Å². The quantitative estimate of drug-likeness (QED) is 0.0856. The average molecular weight is 2140 g/mol. The predicted molar refractivity (Wildman–Crippen MR) is 615 cm³/mol. The summed E-state index contributed by atoms with van der Waals surface area (Å²) in [7, 11) is 0. The molecule has 0 fully saturated rings. The summed E-state index contributed by atoms with van der Waals surface area (Å²) in [5, 5.41) is 7.53. The van der Waals surface area contributed by atoms with Gasteiger partial charge in [-0.25, -0.2) is 0 Å². The first kappa shape index (κ1) is 92.9. The maximum Gasteiger partial charge on any atom is 0.0703 e. The van der Waals surface area contributed by atoms with E-state index < -0.39 is 0 Å². The van der Waals surface area contributed by atoms with E-state index in [1.807, 2.05) is 60.8 Å². The van der Waals surface area contributed by atoms with Gasteiger partial charge in [0.15, 0.2) is 0 Å². The number of aromatic nitrogens is 3. The van der Waals surface area contributed by atoms with E-state index >= 15 is 0 Å². The van der Waals surface area contributed by atoms with Crippen LogP contribution in [0.25, 0.3) is 110 Å². The molecule has 24 rings (SSSR count). The molecule has 0 aliphatic rings. The van der Waals surface area contributed by atoms with Crippen LogP contribution in [0.3, 0.4) is 0 Å². The van der Waals surface area contributed by atoms with Crippen LogP contribution in [0, 0.1) is 0 Å². The summed E-state index contributed by atoms with van der Waals surface area (Å²) >= 11 is 18.0. The van der Waals surface area contributed by atoms with Crippen LogP contribution in [0.15, 0.2) is 581 Å². The summed E-state index contributed by atoms with van der Waals surface area (Å²) in [5.74, 6) is 0. The van der Waals surface area contributed by atoms with Gasteiger partial charge in [0.25, 0.3) is 0 Å². The molecule has 0 unspecified atom stereocenters. The van der Waals surface area contributed by atoms with Crippen LogP contribution >= 0.6 is 79.6 Å². The van der Waals surface area contributed by atoms with E-state index in [-0.39, 0.29) is 0 Å². The lowest BCUT2D eigenvalue weighted by molar-refractivity contribution is 1.18. The lowest BCUT2D eigenvalue weighted by Crippen LogP contribution is -2.10. The molecular formula is C129H92Br5N7. The largest absolute Gasteiger partial charge is 0.310 e.